The van der Waals surface area contributed by atoms with Gasteiger partial charge in [-0.25, -0.2) is 0 Å². The molecule has 0 amide bonds. The zero-order chi connectivity index (χ0) is 15.5. The molecule has 1 heteroatoms. The van der Waals surface area contributed by atoms with Crippen molar-refractivity contribution in [3.05, 3.63) is 53.2 Å². The smallest absolute Gasteiger partial charge is 0.0707 e. The van der Waals surface area contributed by atoms with Gasteiger partial charge in [-0.05, 0) is 60.8 Å². The predicted molar refractivity (Wildman–Crippen MR) is 94.2 cm³/mol. The van der Waals surface area contributed by atoms with Gasteiger partial charge in [0.05, 0.1) is 5.69 Å². The van der Waals surface area contributed by atoms with Gasteiger partial charge in [-0.15, -0.1) is 0 Å². The molecule has 1 fully saturated rings. The van der Waals surface area contributed by atoms with Gasteiger partial charge in [-0.2, -0.15) is 0 Å². The Balaban J connectivity index is 2.01. The van der Waals surface area contributed by atoms with E-state index in [1.807, 2.05) is 0 Å². The van der Waals surface area contributed by atoms with Crippen LogP contribution < -0.4 is 0 Å². The van der Waals surface area contributed by atoms with Crippen LogP contribution in [-0.4, -0.2) is 4.98 Å². The van der Waals surface area contributed by atoms with E-state index in [0.717, 1.165) is 18.0 Å². The Morgan fingerprint density at radius 2 is 1.86 bits per heavy atom. The fourth-order valence-electron chi connectivity index (χ4n) is 3.74. The molecule has 0 aliphatic heterocycles. The molecule has 2 aromatic rings. The van der Waals surface area contributed by atoms with Crippen molar-refractivity contribution in [2.75, 3.05) is 0 Å². The zero-order valence-electron chi connectivity index (χ0n) is 14.1. The second kappa shape index (κ2) is 6.64. The minimum atomic E-state index is 0.687. The maximum Gasteiger partial charge on any atom is 0.0707 e. The molecule has 0 saturated heterocycles. The first-order valence-corrected chi connectivity index (χ1v) is 8.70. The Kier molecular flexibility index (Phi) is 4.61. The van der Waals surface area contributed by atoms with Gasteiger partial charge in [0.25, 0.3) is 0 Å². The first-order valence-electron chi connectivity index (χ1n) is 8.70. The molecule has 1 aliphatic rings. The predicted octanol–water partition coefficient (Wildman–Crippen LogP) is 5.91. The number of hydrogen-bond donors (Lipinski definition) is 0. The minimum Gasteiger partial charge on any atom is -0.256 e. The molecule has 1 aromatic carbocycles. The van der Waals surface area contributed by atoms with E-state index in [1.165, 1.54) is 47.9 Å². The molecule has 22 heavy (non-hydrogen) atoms. The molecule has 3 rings (SSSR count). The summed E-state index contributed by atoms with van der Waals surface area (Å²) in [7, 11) is 0. The maximum absolute atomic E-state index is 4.82. The molecule has 1 saturated carbocycles. The standard InChI is InChI=1S/C21H27N/c1-15(2)12-18-13-21(19-11-7-4-8-16(19)3)22-14-20(18)17-9-5-6-10-17/h4,7-8,11,13-15,17H,5-6,9-10,12H2,1-3H3. The fraction of sp³-hybridized carbons (Fsp3) is 0.476. The van der Waals surface area contributed by atoms with Crippen molar-refractivity contribution in [1.29, 1.82) is 0 Å². The van der Waals surface area contributed by atoms with Crippen molar-refractivity contribution in [2.24, 2.45) is 5.92 Å². The lowest BCUT2D eigenvalue weighted by Crippen LogP contribution is -2.05. The largest absolute Gasteiger partial charge is 0.256 e. The van der Waals surface area contributed by atoms with E-state index in [0.29, 0.717) is 5.92 Å². The van der Waals surface area contributed by atoms with E-state index in [1.54, 1.807) is 0 Å². The van der Waals surface area contributed by atoms with Crippen LogP contribution in [-0.2, 0) is 6.42 Å². The SMILES string of the molecule is Cc1ccccc1-c1cc(CC(C)C)c(C2CCCC2)cn1. The number of benzene rings is 1. The molecule has 1 aliphatic carbocycles. The van der Waals surface area contributed by atoms with Crippen molar-refractivity contribution >= 4 is 0 Å². The quantitative estimate of drug-likeness (QED) is 0.682. The van der Waals surface area contributed by atoms with Crippen LogP contribution in [0.3, 0.4) is 0 Å². The van der Waals surface area contributed by atoms with Gasteiger partial charge in [0.1, 0.15) is 0 Å². The lowest BCUT2D eigenvalue weighted by atomic mass is 9.89. The number of nitrogens with zero attached hydrogens (tertiary/aromatic N) is 1. The molecule has 1 nitrogen and oxygen atoms in total. The van der Waals surface area contributed by atoms with Crippen molar-refractivity contribution in [1.82, 2.24) is 4.98 Å². The average molecular weight is 293 g/mol. The molecular weight excluding hydrogens is 266 g/mol. The van der Waals surface area contributed by atoms with E-state index in [2.05, 4.69) is 57.3 Å². The Morgan fingerprint density at radius 1 is 1.14 bits per heavy atom. The molecule has 1 aromatic heterocycles. The van der Waals surface area contributed by atoms with Crippen molar-refractivity contribution < 1.29 is 0 Å². The number of hydrogen-bond acceptors (Lipinski definition) is 1. The van der Waals surface area contributed by atoms with Gasteiger partial charge in [-0.1, -0.05) is 51.0 Å². The van der Waals surface area contributed by atoms with Crippen LogP contribution in [0.5, 0.6) is 0 Å². The Bertz CT molecular complexity index is 636. The van der Waals surface area contributed by atoms with Crippen LogP contribution in [0.25, 0.3) is 11.3 Å². The Labute approximate surface area is 134 Å². The van der Waals surface area contributed by atoms with Crippen LogP contribution in [0.2, 0.25) is 0 Å². The van der Waals surface area contributed by atoms with E-state index in [4.69, 9.17) is 4.98 Å². The second-order valence-electron chi connectivity index (χ2n) is 7.16. The third-order valence-electron chi connectivity index (χ3n) is 4.87. The van der Waals surface area contributed by atoms with Crippen molar-refractivity contribution in [3.8, 4) is 11.3 Å². The van der Waals surface area contributed by atoms with E-state index in [9.17, 15) is 0 Å². The van der Waals surface area contributed by atoms with E-state index < -0.39 is 0 Å². The summed E-state index contributed by atoms with van der Waals surface area (Å²) in [4.78, 5) is 4.82. The summed E-state index contributed by atoms with van der Waals surface area (Å²) in [6, 6.07) is 10.9. The molecule has 116 valence electrons. The highest BCUT2D eigenvalue weighted by Crippen LogP contribution is 2.37. The third-order valence-corrected chi connectivity index (χ3v) is 4.87. The van der Waals surface area contributed by atoms with Crippen LogP contribution in [0.4, 0.5) is 0 Å². The van der Waals surface area contributed by atoms with Crippen molar-refractivity contribution in [3.63, 3.8) is 0 Å². The highest BCUT2D eigenvalue weighted by molar-refractivity contribution is 5.64. The molecule has 0 atom stereocenters. The van der Waals surface area contributed by atoms with E-state index >= 15 is 0 Å². The molecule has 0 bridgehead atoms. The van der Waals surface area contributed by atoms with E-state index in [-0.39, 0.29) is 0 Å². The van der Waals surface area contributed by atoms with Crippen LogP contribution in [0.1, 0.15) is 62.1 Å². The lowest BCUT2D eigenvalue weighted by molar-refractivity contribution is 0.627. The molecule has 0 N–H and O–H groups in total. The maximum atomic E-state index is 4.82. The summed E-state index contributed by atoms with van der Waals surface area (Å²) in [6.45, 7) is 6.79. The van der Waals surface area contributed by atoms with Gasteiger partial charge in [0.15, 0.2) is 0 Å². The molecule has 0 spiro atoms. The number of pyridine rings is 1. The minimum absolute atomic E-state index is 0.687. The van der Waals surface area contributed by atoms with Crippen LogP contribution in [0.15, 0.2) is 36.5 Å². The summed E-state index contributed by atoms with van der Waals surface area (Å²) in [6.07, 6.45) is 8.78. The van der Waals surface area contributed by atoms with Gasteiger partial charge >= 0.3 is 0 Å². The Hall–Kier alpha value is -1.63. The molecule has 1 heterocycles. The first kappa shape index (κ1) is 15.3. The summed E-state index contributed by atoms with van der Waals surface area (Å²) < 4.78 is 0. The average Bonchev–Trinajstić information content (AvgIpc) is 3.01. The fourth-order valence-corrected chi connectivity index (χ4v) is 3.74. The van der Waals surface area contributed by atoms with Gasteiger partial charge in [-0.3, -0.25) is 4.98 Å². The number of aryl methyl sites for hydroxylation is 1. The van der Waals surface area contributed by atoms with Crippen molar-refractivity contribution in [2.45, 2.75) is 58.8 Å². The van der Waals surface area contributed by atoms with Crippen LogP contribution in [0, 0.1) is 12.8 Å². The normalized spacial score (nSPS) is 15.6. The number of aromatic nitrogens is 1. The summed E-state index contributed by atoms with van der Waals surface area (Å²) >= 11 is 0. The highest BCUT2D eigenvalue weighted by Gasteiger charge is 2.21. The first-order chi connectivity index (χ1) is 10.6. The van der Waals surface area contributed by atoms with Gasteiger partial charge in [0.2, 0.25) is 0 Å². The molecule has 0 unspecified atom stereocenters. The topological polar surface area (TPSA) is 12.9 Å². The highest BCUT2D eigenvalue weighted by atomic mass is 14.7. The van der Waals surface area contributed by atoms with Crippen LogP contribution >= 0.6 is 0 Å². The van der Waals surface area contributed by atoms with Gasteiger partial charge < -0.3 is 0 Å². The molecular formula is C21H27N. The monoisotopic (exact) mass is 293 g/mol. The summed E-state index contributed by atoms with van der Waals surface area (Å²) in [5.41, 5.74) is 6.75. The lowest BCUT2D eigenvalue weighted by Gasteiger charge is -2.18. The Morgan fingerprint density at radius 3 is 2.55 bits per heavy atom. The summed E-state index contributed by atoms with van der Waals surface area (Å²) in [5, 5.41) is 0. The second-order valence-corrected chi connectivity index (χ2v) is 7.16. The van der Waals surface area contributed by atoms with Gasteiger partial charge in [0, 0.05) is 11.8 Å². The molecule has 0 radical (unpaired) electrons. The third kappa shape index (κ3) is 3.24. The number of rotatable bonds is 4. The summed E-state index contributed by atoms with van der Waals surface area (Å²) in [5.74, 6) is 1.43. The zero-order valence-corrected chi connectivity index (χ0v) is 14.1.